The summed E-state index contributed by atoms with van der Waals surface area (Å²) in [5.41, 5.74) is 2.43. The van der Waals surface area contributed by atoms with Crippen LogP contribution in [0.5, 0.6) is 0 Å². The Hall–Kier alpha value is -2.38. The van der Waals surface area contributed by atoms with Gasteiger partial charge in [-0.15, -0.1) is 0 Å². The van der Waals surface area contributed by atoms with Crippen molar-refractivity contribution in [3.8, 4) is 0 Å². The predicted molar refractivity (Wildman–Crippen MR) is 105 cm³/mol. The molecule has 0 aliphatic heterocycles. The Morgan fingerprint density at radius 2 is 1.17 bits per heavy atom. The van der Waals surface area contributed by atoms with E-state index in [0.717, 1.165) is 4.47 Å². The van der Waals surface area contributed by atoms with Crippen molar-refractivity contribution in [3.05, 3.63) is 94.5 Å². The van der Waals surface area contributed by atoms with E-state index in [2.05, 4.69) is 101 Å². The second-order valence-electron chi connectivity index (χ2n) is 5.59. The van der Waals surface area contributed by atoms with Gasteiger partial charge < -0.3 is 0 Å². The lowest BCUT2D eigenvalue weighted by molar-refractivity contribution is 1.60. The standard InChI is InChI=1S/C22H15Br/c23-22-12-6-2-7-16(22)13-14-18-15-17-8-1-3-9-19(17)21-11-5-4-10-20(18)21/h1-15H/b14-13-. The molecule has 4 rings (SSSR count). The largest absolute Gasteiger partial charge is 0.0616 e. The summed E-state index contributed by atoms with van der Waals surface area (Å²) >= 11 is 3.61. The first-order valence-electron chi connectivity index (χ1n) is 7.66. The van der Waals surface area contributed by atoms with Crippen molar-refractivity contribution in [2.24, 2.45) is 0 Å². The normalized spacial score (nSPS) is 11.5. The zero-order chi connectivity index (χ0) is 15.6. The van der Waals surface area contributed by atoms with Crippen LogP contribution in [0.25, 0.3) is 33.7 Å². The molecule has 4 aromatic rings. The molecule has 0 radical (unpaired) electrons. The molecule has 0 fully saturated rings. The van der Waals surface area contributed by atoms with Gasteiger partial charge in [0.15, 0.2) is 0 Å². The van der Waals surface area contributed by atoms with Gasteiger partial charge in [0, 0.05) is 4.47 Å². The van der Waals surface area contributed by atoms with E-state index in [0.29, 0.717) is 0 Å². The summed E-state index contributed by atoms with van der Waals surface area (Å²) in [6.07, 6.45) is 4.37. The van der Waals surface area contributed by atoms with Crippen molar-refractivity contribution in [2.45, 2.75) is 0 Å². The summed E-state index contributed by atoms with van der Waals surface area (Å²) in [6.45, 7) is 0. The predicted octanol–water partition coefficient (Wildman–Crippen LogP) is 6.93. The Kier molecular flexibility index (Phi) is 3.72. The number of fused-ring (bicyclic) bond motifs is 3. The van der Waals surface area contributed by atoms with Crippen LogP contribution in [0.3, 0.4) is 0 Å². The van der Waals surface area contributed by atoms with Gasteiger partial charge in [0.2, 0.25) is 0 Å². The molecule has 0 aromatic heterocycles. The Balaban J connectivity index is 1.93. The van der Waals surface area contributed by atoms with Crippen LogP contribution in [-0.2, 0) is 0 Å². The van der Waals surface area contributed by atoms with E-state index < -0.39 is 0 Å². The molecule has 0 saturated heterocycles. The molecule has 0 heterocycles. The fourth-order valence-electron chi connectivity index (χ4n) is 3.01. The lowest BCUT2D eigenvalue weighted by atomic mass is 9.97. The fraction of sp³-hybridized carbons (Fsp3) is 0. The van der Waals surface area contributed by atoms with E-state index in [-0.39, 0.29) is 0 Å². The maximum Gasteiger partial charge on any atom is 0.0247 e. The molecular formula is C22H15Br. The lowest BCUT2D eigenvalue weighted by Crippen LogP contribution is -1.82. The first kappa shape index (κ1) is 14.2. The molecule has 0 saturated carbocycles. The molecule has 1 heteroatoms. The van der Waals surface area contributed by atoms with Crippen LogP contribution in [-0.4, -0.2) is 0 Å². The monoisotopic (exact) mass is 358 g/mol. The average Bonchev–Trinajstić information content (AvgIpc) is 2.61. The van der Waals surface area contributed by atoms with Gasteiger partial charge in [0.05, 0.1) is 0 Å². The highest BCUT2D eigenvalue weighted by molar-refractivity contribution is 9.10. The molecule has 0 atom stereocenters. The Labute approximate surface area is 144 Å². The minimum Gasteiger partial charge on any atom is -0.0616 e. The van der Waals surface area contributed by atoms with Crippen LogP contribution in [0, 0.1) is 0 Å². The summed E-state index contributed by atoms with van der Waals surface area (Å²) < 4.78 is 1.11. The first-order chi connectivity index (χ1) is 11.3. The maximum absolute atomic E-state index is 3.61. The van der Waals surface area contributed by atoms with Crippen LogP contribution in [0.1, 0.15) is 11.1 Å². The molecule has 110 valence electrons. The highest BCUT2D eigenvalue weighted by Gasteiger charge is 2.04. The Morgan fingerprint density at radius 3 is 2.00 bits per heavy atom. The van der Waals surface area contributed by atoms with E-state index >= 15 is 0 Å². The van der Waals surface area contributed by atoms with Gasteiger partial charge in [-0.2, -0.15) is 0 Å². The third-order valence-corrected chi connectivity index (χ3v) is 4.87. The SMILES string of the molecule is Brc1ccccc1/C=C\c1cc2ccccc2c2ccccc12. The summed E-state index contributed by atoms with van der Waals surface area (Å²) in [6, 6.07) is 27.7. The number of benzene rings is 4. The Morgan fingerprint density at radius 1 is 0.565 bits per heavy atom. The molecule has 23 heavy (non-hydrogen) atoms. The van der Waals surface area contributed by atoms with Gasteiger partial charge in [0.25, 0.3) is 0 Å². The molecule has 0 amide bonds. The highest BCUT2D eigenvalue weighted by Crippen LogP contribution is 2.30. The smallest absolute Gasteiger partial charge is 0.0247 e. The topological polar surface area (TPSA) is 0 Å². The molecule has 0 spiro atoms. The summed E-state index contributed by atoms with van der Waals surface area (Å²) in [7, 11) is 0. The summed E-state index contributed by atoms with van der Waals surface area (Å²) in [4.78, 5) is 0. The van der Waals surface area contributed by atoms with Gasteiger partial charge in [-0.25, -0.2) is 0 Å². The number of hydrogen-bond donors (Lipinski definition) is 0. The minimum absolute atomic E-state index is 1.11. The van der Waals surface area contributed by atoms with Gasteiger partial charge >= 0.3 is 0 Å². The average molecular weight is 359 g/mol. The van der Waals surface area contributed by atoms with Gasteiger partial charge in [-0.3, -0.25) is 0 Å². The summed E-state index contributed by atoms with van der Waals surface area (Å²) in [5, 5.41) is 5.17. The second kappa shape index (κ2) is 6.02. The summed E-state index contributed by atoms with van der Waals surface area (Å²) in [5.74, 6) is 0. The third kappa shape index (κ3) is 2.69. The van der Waals surface area contributed by atoms with E-state index in [1.165, 1.54) is 32.7 Å². The number of hydrogen-bond acceptors (Lipinski definition) is 0. The van der Waals surface area contributed by atoms with Gasteiger partial charge in [-0.05, 0) is 44.8 Å². The number of rotatable bonds is 2. The van der Waals surface area contributed by atoms with Crippen LogP contribution >= 0.6 is 15.9 Å². The zero-order valence-electron chi connectivity index (χ0n) is 12.5. The molecule has 0 aliphatic carbocycles. The minimum atomic E-state index is 1.11. The molecule has 0 nitrogen and oxygen atoms in total. The van der Waals surface area contributed by atoms with Gasteiger partial charge in [-0.1, -0.05) is 94.8 Å². The first-order valence-corrected chi connectivity index (χ1v) is 8.45. The van der Waals surface area contributed by atoms with E-state index in [1.807, 2.05) is 6.07 Å². The van der Waals surface area contributed by atoms with Crippen LogP contribution in [0.15, 0.2) is 83.3 Å². The lowest BCUT2D eigenvalue weighted by Gasteiger charge is -2.08. The van der Waals surface area contributed by atoms with Crippen LogP contribution in [0.2, 0.25) is 0 Å². The van der Waals surface area contributed by atoms with Crippen LogP contribution in [0.4, 0.5) is 0 Å². The molecular weight excluding hydrogens is 344 g/mol. The van der Waals surface area contributed by atoms with Crippen molar-refractivity contribution in [1.82, 2.24) is 0 Å². The van der Waals surface area contributed by atoms with E-state index in [9.17, 15) is 0 Å². The van der Waals surface area contributed by atoms with E-state index in [4.69, 9.17) is 0 Å². The number of halogens is 1. The van der Waals surface area contributed by atoms with Crippen LogP contribution < -0.4 is 0 Å². The fourth-order valence-corrected chi connectivity index (χ4v) is 3.43. The van der Waals surface area contributed by atoms with Crippen molar-refractivity contribution in [1.29, 1.82) is 0 Å². The van der Waals surface area contributed by atoms with E-state index in [1.54, 1.807) is 0 Å². The Bertz CT molecular complexity index is 1030. The van der Waals surface area contributed by atoms with Crippen molar-refractivity contribution >= 4 is 49.6 Å². The molecule has 0 aliphatic rings. The quantitative estimate of drug-likeness (QED) is 0.269. The van der Waals surface area contributed by atoms with Crippen molar-refractivity contribution < 1.29 is 0 Å². The second-order valence-corrected chi connectivity index (χ2v) is 6.44. The highest BCUT2D eigenvalue weighted by atomic mass is 79.9. The van der Waals surface area contributed by atoms with Crippen molar-refractivity contribution in [3.63, 3.8) is 0 Å². The van der Waals surface area contributed by atoms with Gasteiger partial charge in [0.1, 0.15) is 0 Å². The molecule has 4 aromatic carbocycles. The van der Waals surface area contributed by atoms with Crippen molar-refractivity contribution in [2.75, 3.05) is 0 Å². The zero-order valence-corrected chi connectivity index (χ0v) is 14.1. The molecule has 0 N–H and O–H groups in total. The third-order valence-electron chi connectivity index (χ3n) is 4.15. The maximum atomic E-state index is 3.61. The molecule has 0 bridgehead atoms. The molecule has 0 unspecified atom stereocenters.